The van der Waals surface area contributed by atoms with E-state index in [4.69, 9.17) is 14.6 Å². The highest BCUT2D eigenvalue weighted by Gasteiger charge is 2.26. The van der Waals surface area contributed by atoms with Gasteiger partial charge >= 0.3 is 5.97 Å². The quantitative estimate of drug-likeness (QED) is 0.425. The molecular formula is C13H14N2O7S. The van der Waals surface area contributed by atoms with Crippen LogP contribution < -0.4 is 14.8 Å². The molecule has 124 valence electrons. The van der Waals surface area contributed by atoms with Crippen LogP contribution in [0.2, 0.25) is 0 Å². The van der Waals surface area contributed by atoms with E-state index in [0.29, 0.717) is 12.4 Å². The topological polar surface area (TPSA) is 128 Å². The Morgan fingerprint density at radius 1 is 1.30 bits per heavy atom. The Balaban J connectivity index is 2.06. The molecule has 0 unspecified atom stereocenters. The molecule has 2 N–H and O–H groups in total. The summed E-state index contributed by atoms with van der Waals surface area (Å²) in [5.41, 5.74) is -0.493. The highest BCUT2D eigenvalue weighted by atomic mass is 32.2. The molecule has 0 saturated heterocycles. The van der Waals surface area contributed by atoms with Gasteiger partial charge in [-0.25, -0.2) is 0 Å². The fourth-order valence-corrected chi connectivity index (χ4v) is 2.47. The number of rotatable bonds is 7. The maximum Gasteiger partial charge on any atom is 0.313 e. The molecule has 0 spiro atoms. The van der Waals surface area contributed by atoms with E-state index in [1.165, 1.54) is 12.1 Å². The van der Waals surface area contributed by atoms with Crippen LogP contribution in [0.15, 0.2) is 12.1 Å². The number of carbonyl (C=O) groups excluding carboxylic acids is 1. The summed E-state index contributed by atoms with van der Waals surface area (Å²) in [7, 11) is 0. The number of fused-ring (bicyclic) bond motifs is 1. The van der Waals surface area contributed by atoms with E-state index < -0.39 is 16.8 Å². The van der Waals surface area contributed by atoms with E-state index in [-0.39, 0.29) is 41.7 Å². The normalized spacial score (nSPS) is 12.5. The number of hydrogen-bond acceptors (Lipinski definition) is 7. The molecule has 10 heteroatoms. The lowest BCUT2D eigenvalue weighted by Gasteiger charge is -2.18. The predicted octanol–water partition coefficient (Wildman–Crippen LogP) is 0.914. The van der Waals surface area contributed by atoms with Crippen LogP contribution in [0.1, 0.15) is 10.4 Å². The SMILES string of the molecule is O=C(O)CSCCNC(=O)c1cc2c(cc1[N+](=O)[O-])OCCO2. The molecule has 2 rings (SSSR count). The fourth-order valence-electron chi connectivity index (χ4n) is 1.90. The number of benzene rings is 1. The van der Waals surface area contributed by atoms with Gasteiger partial charge in [0.25, 0.3) is 11.6 Å². The second-order valence-corrected chi connectivity index (χ2v) is 5.58. The Kier molecular flexibility index (Phi) is 5.63. The number of nitro benzene ring substituents is 1. The molecule has 0 saturated carbocycles. The third-order valence-electron chi connectivity index (χ3n) is 2.86. The van der Waals surface area contributed by atoms with Crippen molar-refractivity contribution in [2.45, 2.75) is 0 Å². The summed E-state index contributed by atoms with van der Waals surface area (Å²) in [5, 5.41) is 22.1. The highest BCUT2D eigenvalue weighted by Crippen LogP contribution is 2.36. The van der Waals surface area contributed by atoms with E-state index >= 15 is 0 Å². The van der Waals surface area contributed by atoms with Crippen molar-refractivity contribution in [1.29, 1.82) is 0 Å². The number of thioether (sulfide) groups is 1. The van der Waals surface area contributed by atoms with Crippen molar-refractivity contribution >= 4 is 29.3 Å². The summed E-state index contributed by atoms with van der Waals surface area (Å²) < 4.78 is 10.6. The molecule has 0 aromatic heterocycles. The van der Waals surface area contributed by atoms with Crippen LogP contribution in [0, 0.1) is 10.1 Å². The zero-order valence-electron chi connectivity index (χ0n) is 11.9. The molecule has 1 aliphatic rings. The van der Waals surface area contributed by atoms with E-state index in [0.717, 1.165) is 11.8 Å². The lowest BCUT2D eigenvalue weighted by molar-refractivity contribution is -0.385. The molecular weight excluding hydrogens is 328 g/mol. The van der Waals surface area contributed by atoms with E-state index in [1.54, 1.807) is 0 Å². The minimum Gasteiger partial charge on any atom is -0.486 e. The van der Waals surface area contributed by atoms with Gasteiger partial charge in [-0.1, -0.05) is 0 Å². The van der Waals surface area contributed by atoms with Crippen molar-refractivity contribution in [2.24, 2.45) is 0 Å². The molecule has 0 fully saturated rings. The third-order valence-corrected chi connectivity index (χ3v) is 3.80. The summed E-state index contributed by atoms with van der Waals surface area (Å²) in [4.78, 5) is 32.9. The van der Waals surface area contributed by atoms with Gasteiger partial charge in [-0.2, -0.15) is 0 Å². The second-order valence-electron chi connectivity index (χ2n) is 4.47. The van der Waals surface area contributed by atoms with Gasteiger partial charge in [0.2, 0.25) is 0 Å². The van der Waals surface area contributed by atoms with Gasteiger partial charge in [0, 0.05) is 18.4 Å². The minimum atomic E-state index is -0.941. The summed E-state index contributed by atoms with van der Waals surface area (Å²) in [5.74, 6) is -0.728. The zero-order valence-corrected chi connectivity index (χ0v) is 12.8. The Labute approximate surface area is 135 Å². The van der Waals surface area contributed by atoms with Crippen molar-refractivity contribution < 1.29 is 29.1 Å². The highest BCUT2D eigenvalue weighted by molar-refractivity contribution is 7.99. The maximum absolute atomic E-state index is 12.1. The van der Waals surface area contributed by atoms with E-state index in [9.17, 15) is 19.7 Å². The minimum absolute atomic E-state index is 0.0694. The van der Waals surface area contributed by atoms with Crippen LogP contribution in [-0.2, 0) is 4.79 Å². The smallest absolute Gasteiger partial charge is 0.313 e. The van der Waals surface area contributed by atoms with Gasteiger partial charge in [-0.3, -0.25) is 19.7 Å². The molecule has 0 bridgehead atoms. The number of nitrogens with one attached hydrogen (secondary N) is 1. The largest absolute Gasteiger partial charge is 0.486 e. The van der Waals surface area contributed by atoms with Gasteiger partial charge in [-0.15, -0.1) is 11.8 Å². The maximum atomic E-state index is 12.1. The van der Waals surface area contributed by atoms with Crippen molar-refractivity contribution in [3.8, 4) is 11.5 Å². The molecule has 1 aromatic carbocycles. The molecule has 1 aliphatic heterocycles. The standard InChI is InChI=1S/C13H14N2O7S/c16-12(17)7-23-4-1-14-13(18)8-5-10-11(22-3-2-21-10)6-9(8)15(19)20/h5-6H,1-4,7H2,(H,14,18)(H,16,17). The number of amides is 1. The number of carboxylic acids is 1. The monoisotopic (exact) mass is 342 g/mol. The van der Waals surface area contributed by atoms with E-state index in [1.807, 2.05) is 0 Å². The molecule has 0 atom stereocenters. The van der Waals surface area contributed by atoms with Crippen LogP contribution in [0.3, 0.4) is 0 Å². The molecule has 23 heavy (non-hydrogen) atoms. The Morgan fingerprint density at radius 2 is 1.96 bits per heavy atom. The summed E-state index contributed by atoms with van der Waals surface area (Å²) in [6.45, 7) is 0.788. The van der Waals surface area contributed by atoms with Crippen LogP contribution in [-0.4, -0.2) is 53.2 Å². The Morgan fingerprint density at radius 3 is 2.57 bits per heavy atom. The summed E-state index contributed by atoms with van der Waals surface area (Å²) in [6, 6.07) is 2.45. The number of hydrogen-bond donors (Lipinski definition) is 2. The summed E-state index contributed by atoms with van der Waals surface area (Å²) >= 11 is 1.14. The number of ether oxygens (including phenoxy) is 2. The van der Waals surface area contributed by atoms with Crippen LogP contribution in [0.4, 0.5) is 5.69 Å². The van der Waals surface area contributed by atoms with Crippen molar-refractivity contribution in [3.63, 3.8) is 0 Å². The van der Waals surface area contributed by atoms with Crippen molar-refractivity contribution in [1.82, 2.24) is 5.32 Å². The van der Waals surface area contributed by atoms with Gasteiger partial charge < -0.3 is 19.9 Å². The molecule has 1 amide bonds. The van der Waals surface area contributed by atoms with Crippen LogP contribution in [0.5, 0.6) is 11.5 Å². The van der Waals surface area contributed by atoms with Gasteiger partial charge in [0.15, 0.2) is 11.5 Å². The first kappa shape index (κ1) is 16.9. The van der Waals surface area contributed by atoms with E-state index in [2.05, 4.69) is 5.32 Å². The first-order chi connectivity index (χ1) is 11.0. The second kappa shape index (κ2) is 7.68. The number of aliphatic carboxylic acids is 1. The van der Waals surface area contributed by atoms with Gasteiger partial charge in [-0.05, 0) is 0 Å². The number of nitro groups is 1. The number of carbonyl (C=O) groups is 2. The predicted molar refractivity (Wildman–Crippen MR) is 81.4 cm³/mol. The Hall–Kier alpha value is -2.49. The molecule has 1 heterocycles. The molecule has 1 aromatic rings. The third kappa shape index (κ3) is 4.49. The lowest BCUT2D eigenvalue weighted by Crippen LogP contribution is -2.27. The first-order valence-electron chi connectivity index (χ1n) is 6.65. The average Bonchev–Trinajstić information content (AvgIpc) is 2.52. The lowest BCUT2D eigenvalue weighted by atomic mass is 10.1. The first-order valence-corrected chi connectivity index (χ1v) is 7.80. The number of carboxylic acid groups (broad SMARTS) is 1. The van der Waals surface area contributed by atoms with Gasteiger partial charge in [0.05, 0.1) is 16.7 Å². The molecule has 0 aliphatic carbocycles. The zero-order chi connectivity index (χ0) is 16.8. The fraction of sp³-hybridized carbons (Fsp3) is 0.385. The van der Waals surface area contributed by atoms with Crippen LogP contribution >= 0.6 is 11.8 Å². The van der Waals surface area contributed by atoms with Crippen LogP contribution in [0.25, 0.3) is 0 Å². The van der Waals surface area contributed by atoms with Crippen molar-refractivity contribution in [2.75, 3.05) is 31.3 Å². The van der Waals surface area contributed by atoms with Gasteiger partial charge in [0.1, 0.15) is 18.8 Å². The summed E-state index contributed by atoms with van der Waals surface area (Å²) in [6.07, 6.45) is 0. The van der Waals surface area contributed by atoms with Crippen molar-refractivity contribution in [3.05, 3.63) is 27.8 Å². The number of nitrogens with zero attached hydrogens (tertiary/aromatic N) is 1. The Bertz CT molecular complexity index is 635. The molecule has 9 nitrogen and oxygen atoms in total. The average molecular weight is 342 g/mol. The molecule has 0 radical (unpaired) electrons.